The SMILES string of the molecule is Cc1cc(C(=O)Nc2c(Cl)cncc2Cl)cc(Cl)n1. The predicted molar refractivity (Wildman–Crippen MR) is 76.2 cm³/mol. The van der Waals surface area contributed by atoms with Crippen molar-refractivity contribution in [1.29, 1.82) is 0 Å². The lowest BCUT2D eigenvalue weighted by atomic mass is 10.2. The first-order chi connectivity index (χ1) is 8.97. The van der Waals surface area contributed by atoms with Gasteiger partial charge in [0.2, 0.25) is 0 Å². The summed E-state index contributed by atoms with van der Waals surface area (Å²) in [5.74, 6) is -0.373. The zero-order chi connectivity index (χ0) is 14.0. The fraction of sp³-hybridized carbons (Fsp3) is 0.0833. The molecule has 4 nitrogen and oxygen atoms in total. The van der Waals surface area contributed by atoms with Crippen LogP contribution in [0.4, 0.5) is 5.69 Å². The number of rotatable bonds is 2. The lowest BCUT2D eigenvalue weighted by Gasteiger charge is -2.09. The molecule has 0 unspecified atom stereocenters. The van der Waals surface area contributed by atoms with Gasteiger partial charge in [-0.15, -0.1) is 0 Å². The molecule has 98 valence electrons. The number of anilines is 1. The molecule has 1 N–H and O–H groups in total. The van der Waals surface area contributed by atoms with Crippen molar-refractivity contribution in [2.24, 2.45) is 0 Å². The summed E-state index contributed by atoms with van der Waals surface area (Å²) in [5, 5.41) is 3.39. The van der Waals surface area contributed by atoms with Gasteiger partial charge < -0.3 is 5.32 Å². The van der Waals surface area contributed by atoms with Crippen molar-refractivity contribution in [3.8, 4) is 0 Å². The third-order valence-electron chi connectivity index (χ3n) is 2.28. The quantitative estimate of drug-likeness (QED) is 0.852. The lowest BCUT2D eigenvalue weighted by Crippen LogP contribution is -2.13. The van der Waals surface area contributed by atoms with Crippen LogP contribution in [0.2, 0.25) is 15.2 Å². The molecule has 19 heavy (non-hydrogen) atoms. The standard InChI is InChI=1S/C12H8Cl3N3O/c1-6-2-7(3-10(15)17-6)12(19)18-11-8(13)4-16-5-9(11)14/h2-5H,1H3,(H,16,18,19). The van der Waals surface area contributed by atoms with Gasteiger partial charge >= 0.3 is 0 Å². The van der Waals surface area contributed by atoms with Crippen LogP contribution in [0.25, 0.3) is 0 Å². The molecule has 0 aliphatic heterocycles. The molecular formula is C12H8Cl3N3O. The number of carbonyl (C=O) groups is 1. The minimum Gasteiger partial charge on any atom is -0.319 e. The smallest absolute Gasteiger partial charge is 0.255 e. The summed E-state index contributed by atoms with van der Waals surface area (Å²) in [4.78, 5) is 19.9. The first-order valence-electron chi connectivity index (χ1n) is 5.22. The normalized spacial score (nSPS) is 10.3. The summed E-state index contributed by atoms with van der Waals surface area (Å²) in [6.07, 6.45) is 2.79. The Morgan fingerprint density at radius 3 is 2.37 bits per heavy atom. The third-order valence-corrected chi connectivity index (χ3v) is 3.04. The molecule has 7 heteroatoms. The van der Waals surface area contributed by atoms with E-state index in [2.05, 4.69) is 15.3 Å². The van der Waals surface area contributed by atoms with Crippen LogP contribution in [0.1, 0.15) is 16.1 Å². The van der Waals surface area contributed by atoms with E-state index in [1.165, 1.54) is 18.5 Å². The monoisotopic (exact) mass is 315 g/mol. The van der Waals surface area contributed by atoms with E-state index >= 15 is 0 Å². The number of halogens is 3. The Kier molecular flexibility index (Phi) is 4.24. The van der Waals surface area contributed by atoms with Gasteiger partial charge in [0.25, 0.3) is 5.91 Å². The summed E-state index contributed by atoms with van der Waals surface area (Å²) in [6, 6.07) is 3.08. The molecule has 2 rings (SSSR count). The molecule has 0 bridgehead atoms. The first-order valence-corrected chi connectivity index (χ1v) is 6.35. The number of hydrogen-bond acceptors (Lipinski definition) is 3. The van der Waals surface area contributed by atoms with Crippen molar-refractivity contribution in [2.75, 3.05) is 5.32 Å². The van der Waals surface area contributed by atoms with Crippen molar-refractivity contribution < 1.29 is 4.79 Å². The fourth-order valence-electron chi connectivity index (χ4n) is 1.48. The Labute approximate surface area is 124 Å². The second-order valence-corrected chi connectivity index (χ2v) is 4.95. The molecular weight excluding hydrogens is 309 g/mol. The largest absolute Gasteiger partial charge is 0.319 e. The van der Waals surface area contributed by atoms with E-state index < -0.39 is 0 Å². The fourth-order valence-corrected chi connectivity index (χ4v) is 2.19. The molecule has 0 atom stereocenters. The summed E-state index contributed by atoms with van der Waals surface area (Å²) in [7, 11) is 0. The van der Waals surface area contributed by atoms with Crippen molar-refractivity contribution in [1.82, 2.24) is 9.97 Å². The van der Waals surface area contributed by atoms with Gasteiger partial charge in [0.05, 0.1) is 15.7 Å². The number of nitrogens with zero attached hydrogens (tertiary/aromatic N) is 2. The van der Waals surface area contributed by atoms with E-state index in [0.29, 0.717) is 16.9 Å². The van der Waals surface area contributed by atoms with Crippen LogP contribution in [0.5, 0.6) is 0 Å². The van der Waals surface area contributed by atoms with Gasteiger partial charge in [-0.3, -0.25) is 9.78 Å². The maximum Gasteiger partial charge on any atom is 0.255 e. The molecule has 0 saturated carbocycles. The minimum atomic E-state index is -0.373. The van der Waals surface area contributed by atoms with E-state index in [1.54, 1.807) is 13.0 Å². The van der Waals surface area contributed by atoms with Crippen LogP contribution < -0.4 is 5.32 Å². The van der Waals surface area contributed by atoms with Gasteiger partial charge in [-0.25, -0.2) is 4.98 Å². The summed E-state index contributed by atoms with van der Waals surface area (Å²) in [6.45, 7) is 1.75. The van der Waals surface area contributed by atoms with Gasteiger partial charge in [-0.1, -0.05) is 34.8 Å². The average Bonchev–Trinajstić information content (AvgIpc) is 2.32. The predicted octanol–water partition coefficient (Wildman–Crippen LogP) is 4.00. The molecule has 0 saturated heterocycles. The molecule has 0 radical (unpaired) electrons. The Morgan fingerprint density at radius 2 is 1.79 bits per heavy atom. The third kappa shape index (κ3) is 3.35. The number of aryl methyl sites for hydroxylation is 1. The number of carbonyl (C=O) groups excluding carboxylic acids is 1. The van der Waals surface area contributed by atoms with Gasteiger partial charge in [0.15, 0.2) is 0 Å². The van der Waals surface area contributed by atoms with Crippen molar-refractivity contribution in [2.45, 2.75) is 6.92 Å². The maximum absolute atomic E-state index is 12.1. The summed E-state index contributed by atoms with van der Waals surface area (Å²) < 4.78 is 0. The van der Waals surface area contributed by atoms with E-state index in [0.717, 1.165) is 0 Å². The van der Waals surface area contributed by atoms with Gasteiger partial charge in [-0.2, -0.15) is 0 Å². The number of aromatic nitrogens is 2. The topological polar surface area (TPSA) is 54.9 Å². The van der Waals surface area contributed by atoms with E-state index in [1.807, 2.05) is 0 Å². The van der Waals surface area contributed by atoms with E-state index in [9.17, 15) is 4.79 Å². The number of pyridine rings is 2. The Bertz CT molecular complexity index is 606. The minimum absolute atomic E-state index is 0.247. The Morgan fingerprint density at radius 1 is 1.16 bits per heavy atom. The zero-order valence-corrected chi connectivity index (χ0v) is 12.0. The highest BCUT2D eigenvalue weighted by Crippen LogP contribution is 2.29. The molecule has 0 aliphatic carbocycles. The van der Waals surface area contributed by atoms with E-state index in [-0.39, 0.29) is 21.1 Å². The zero-order valence-electron chi connectivity index (χ0n) is 9.75. The first kappa shape index (κ1) is 14.1. The number of hydrogen-bond donors (Lipinski definition) is 1. The molecule has 0 aliphatic rings. The van der Waals surface area contributed by atoms with Crippen molar-refractivity contribution in [3.05, 3.63) is 51.0 Å². The van der Waals surface area contributed by atoms with Crippen LogP contribution >= 0.6 is 34.8 Å². The Balaban J connectivity index is 2.31. The molecule has 2 heterocycles. The maximum atomic E-state index is 12.1. The van der Waals surface area contributed by atoms with E-state index in [4.69, 9.17) is 34.8 Å². The van der Waals surface area contributed by atoms with Crippen LogP contribution in [0.15, 0.2) is 24.5 Å². The van der Waals surface area contributed by atoms with Crippen LogP contribution in [-0.4, -0.2) is 15.9 Å². The summed E-state index contributed by atoms with van der Waals surface area (Å²) >= 11 is 17.7. The van der Waals surface area contributed by atoms with Crippen molar-refractivity contribution in [3.63, 3.8) is 0 Å². The second kappa shape index (κ2) is 5.74. The Hall–Kier alpha value is -1.36. The van der Waals surface area contributed by atoms with Gasteiger partial charge in [0, 0.05) is 23.7 Å². The van der Waals surface area contributed by atoms with Crippen LogP contribution in [-0.2, 0) is 0 Å². The molecule has 2 aromatic heterocycles. The molecule has 0 spiro atoms. The molecule has 1 amide bonds. The lowest BCUT2D eigenvalue weighted by molar-refractivity contribution is 0.102. The van der Waals surface area contributed by atoms with Gasteiger partial charge in [-0.05, 0) is 19.1 Å². The summed E-state index contributed by atoms with van der Waals surface area (Å²) in [5.41, 5.74) is 1.33. The molecule has 2 aromatic rings. The van der Waals surface area contributed by atoms with Crippen LogP contribution in [0, 0.1) is 6.92 Å². The highest BCUT2D eigenvalue weighted by molar-refractivity contribution is 6.39. The molecule has 0 aromatic carbocycles. The second-order valence-electron chi connectivity index (χ2n) is 3.75. The number of amides is 1. The average molecular weight is 317 g/mol. The van der Waals surface area contributed by atoms with Gasteiger partial charge in [0.1, 0.15) is 5.15 Å². The van der Waals surface area contributed by atoms with Crippen molar-refractivity contribution >= 4 is 46.4 Å². The number of nitrogens with one attached hydrogen (secondary N) is 1. The highest BCUT2D eigenvalue weighted by atomic mass is 35.5. The molecule has 0 fully saturated rings. The van der Waals surface area contributed by atoms with Crippen LogP contribution in [0.3, 0.4) is 0 Å². The highest BCUT2D eigenvalue weighted by Gasteiger charge is 2.13.